The van der Waals surface area contributed by atoms with Gasteiger partial charge in [-0.15, -0.1) is 0 Å². The zero-order valence-corrected chi connectivity index (χ0v) is 11.6. The molecule has 3 aromatic rings. The van der Waals surface area contributed by atoms with Gasteiger partial charge < -0.3 is 16.5 Å². The maximum Gasteiger partial charge on any atom is 0.332 e. The van der Waals surface area contributed by atoms with Crippen LogP contribution in [0.15, 0.2) is 34.1 Å². The Balaban J connectivity index is 0.000000173. The molecule has 9 heteroatoms. The maximum absolute atomic E-state index is 11.4. The van der Waals surface area contributed by atoms with Crippen molar-refractivity contribution < 1.29 is 0 Å². The third-order valence-electron chi connectivity index (χ3n) is 2.82. The van der Waals surface area contributed by atoms with Crippen LogP contribution in [-0.2, 0) is 14.1 Å². The van der Waals surface area contributed by atoms with Crippen molar-refractivity contribution in [1.82, 2.24) is 24.1 Å². The van der Waals surface area contributed by atoms with Crippen LogP contribution in [0, 0.1) is 0 Å². The first-order chi connectivity index (χ1) is 9.91. The number of nitrogen functional groups attached to an aromatic ring is 2. The molecule has 0 aliphatic rings. The number of aryl methyl sites for hydroxylation is 1. The average molecular weight is 289 g/mol. The molecule has 3 rings (SSSR count). The molecule has 0 bridgehead atoms. The number of anilines is 2. The van der Waals surface area contributed by atoms with Gasteiger partial charge in [-0.05, 0) is 12.1 Å². The fraction of sp³-hybridized carbons (Fsp3) is 0.167. The Bertz CT molecular complexity index is 873. The van der Waals surface area contributed by atoms with Crippen molar-refractivity contribution >= 4 is 22.8 Å². The number of imidazole rings is 1. The Labute approximate surface area is 118 Å². The summed E-state index contributed by atoms with van der Waals surface area (Å²) < 4.78 is 2.37. The number of nitrogens with two attached hydrogens (primary N) is 2. The first-order valence-electron chi connectivity index (χ1n) is 5.99. The SMILES string of the molecule is Cn1c(=O)c2[nH]cnc2n(C)c1=O.Nc1cccc(N)n1. The molecule has 110 valence electrons. The van der Waals surface area contributed by atoms with Crippen molar-refractivity contribution in [1.29, 1.82) is 0 Å². The normalized spacial score (nSPS) is 10.2. The Morgan fingerprint density at radius 1 is 1.10 bits per heavy atom. The molecule has 0 aliphatic heterocycles. The van der Waals surface area contributed by atoms with Gasteiger partial charge in [-0.1, -0.05) is 6.07 Å². The molecule has 0 unspecified atom stereocenters. The maximum atomic E-state index is 11.4. The third kappa shape index (κ3) is 2.76. The number of aromatic amines is 1. The lowest BCUT2D eigenvalue weighted by atomic mass is 10.4. The lowest BCUT2D eigenvalue weighted by molar-refractivity contribution is 0.709. The first-order valence-corrected chi connectivity index (χ1v) is 5.99. The van der Waals surface area contributed by atoms with Gasteiger partial charge in [0.1, 0.15) is 17.2 Å². The van der Waals surface area contributed by atoms with Gasteiger partial charge >= 0.3 is 5.69 Å². The Morgan fingerprint density at radius 3 is 2.24 bits per heavy atom. The Morgan fingerprint density at radius 2 is 1.71 bits per heavy atom. The van der Waals surface area contributed by atoms with Crippen molar-refractivity contribution in [3.05, 3.63) is 45.4 Å². The van der Waals surface area contributed by atoms with Crippen molar-refractivity contribution in [2.45, 2.75) is 0 Å². The molecule has 3 aromatic heterocycles. The van der Waals surface area contributed by atoms with E-state index in [0.717, 1.165) is 4.57 Å². The fourth-order valence-electron chi connectivity index (χ4n) is 1.74. The molecule has 0 spiro atoms. The summed E-state index contributed by atoms with van der Waals surface area (Å²) in [6, 6.07) is 5.14. The number of aromatic nitrogens is 5. The van der Waals surface area contributed by atoms with E-state index >= 15 is 0 Å². The van der Waals surface area contributed by atoms with E-state index in [1.165, 1.54) is 17.9 Å². The van der Waals surface area contributed by atoms with E-state index in [0.29, 0.717) is 22.8 Å². The number of hydrogen-bond acceptors (Lipinski definition) is 6. The minimum Gasteiger partial charge on any atom is -0.384 e. The minimum absolute atomic E-state index is 0.351. The molecule has 0 aliphatic carbocycles. The van der Waals surface area contributed by atoms with Gasteiger partial charge in [-0.25, -0.2) is 14.8 Å². The van der Waals surface area contributed by atoms with Crippen LogP contribution < -0.4 is 22.7 Å². The second-order valence-electron chi connectivity index (χ2n) is 4.29. The van der Waals surface area contributed by atoms with Gasteiger partial charge in [0.25, 0.3) is 5.56 Å². The van der Waals surface area contributed by atoms with E-state index in [-0.39, 0.29) is 11.2 Å². The molecular weight excluding hydrogens is 274 g/mol. The second kappa shape index (κ2) is 5.49. The summed E-state index contributed by atoms with van der Waals surface area (Å²) in [4.78, 5) is 33.1. The highest BCUT2D eigenvalue weighted by Crippen LogP contribution is 1.99. The van der Waals surface area contributed by atoms with Crippen LogP contribution in [-0.4, -0.2) is 24.1 Å². The molecule has 0 fully saturated rings. The number of nitrogens with zero attached hydrogens (tertiary/aromatic N) is 4. The summed E-state index contributed by atoms with van der Waals surface area (Å²) in [6.45, 7) is 0. The number of rotatable bonds is 0. The topological polar surface area (TPSA) is 138 Å². The van der Waals surface area contributed by atoms with Gasteiger partial charge in [-0.2, -0.15) is 0 Å². The molecule has 0 aromatic carbocycles. The molecule has 0 radical (unpaired) electrons. The molecule has 0 amide bonds. The number of nitrogens with one attached hydrogen (secondary N) is 1. The van der Waals surface area contributed by atoms with Gasteiger partial charge in [0.05, 0.1) is 6.33 Å². The molecule has 21 heavy (non-hydrogen) atoms. The summed E-state index contributed by atoms with van der Waals surface area (Å²) in [5.41, 5.74) is 10.5. The van der Waals surface area contributed by atoms with Crippen LogP contribution in [0.1, 0.15) is 0 Å². The molecule has 0 saturated carbocycles. The highest BCUT2D eigenvalue weighted by molar-refractivity contribution is 5.68. The van der Waals surface area contributed by atoms with E-state index in [1.807, 2.05) is 0 Å². The summed E-state index contributed by atoms with van der Waals surface area (Å²) in [6.07, 6.45) is 1.39. The van der Waals surface area contributed by atoms with Crippen molar-refractivity contribution in [2.75, 3.05) is 11.5 Å². The zero-order valence-electron chi connectivity index (χ0n) is 11.6. The molecular formula is C12H15N7O2. The molecule has 0 saturated heterocycles. The van der Waals surface area contributed by atoms with Gasteiger partial charge in [0.15, 0.2) is 5.65 Å². The number of pyridine rings is 1. The quantitative estimate of drug-likeness (QED) is 0.495. The molecule has 3 heterocycles. The van der Waals surface area contributed by atoms with Crippen LogP contribution >= 0.6 is 0 Å². The predicted molar refractivity (Wildman–Crippen MR) is 79.6 cm³/mol. The van der Waals surface area contributed by atoms with Crippen molar-refractivity contribution in [2.24, 2.45) is 14.1 Å². The number of fused-ring (bicyclic) bond motifs is 1. The summed E-state index contributed by atoms with van der Waals surface area (Å²) in [7, 11) is 3.01. The van der Waals surface area contributed by atoms with Gasteiger partial charge in [0, 0.05) is 14.1 Å². The standard InChI is InChI=1S/C7H8N4O2.C5H7N3/c1-10-5-4(8-3-9-5)6(12)11(2)7(10)13;6-4-2-1-3-5(7)8-4/h3H,1-2H3,(H,8,9);1-3H,(H4,6,7,8). The average Bonchev–Trinajstić information content (AvgIpc) is 2.93. The van der Waals surface area contributed by atoms with Gasteiger partial charge in [-0.3, -0.25) is 13.9 Å². The molecule has 5 N–H and O–H groups in total. The summed E-state index contributed by atoms with van der Waals surface area (Å²) in [5.74, 6) is 0.926. The summed E-state index contributed by atoms with van der Waals surface area (Å²) in [5, 5.41) is 0. The largest absolute Gasteiger partial charge is 0.384 e. The first kappa shape index (κ1) is 14.3. The Hall–Kier alpha value is -3.10. The highest BCUT2D eigenvalue weighted by Gasteiger charge is 2.08. The monoisotopic (exact) mass is 289 g/mol. The lowest BCUT2D eigenvalue weighted by Crippen LogP contribution is -2.36. The highest BCUT2D eigenvalue weighted by atomic mass is 16.2. The smallest absolute Gasteiger partial charge is 0.332 e. The lowest BCUT2D eigenvalue weighted by Gasteiger charge is -2.00. The Kier molecular flexibility index (Phi) is 3.74. The van der Waals surface area contributed by atoms with Crippen LogP contribution in [0.25, 0.3) is 11.2 Å². The number of H-pyrrole nitrogens is 1. The third-order valence-corrected chi connectivity index (χ3v) is 2.82. The van der Waals surface area contributed by atoms with Crippen LogP contribution in [0.5, 0.6) is 0 Å². The van der Waals surface area contributed by atoms with E-state index < -0.39 is 0 Å². The predicted octanol–water partition coefficient (Wildman–Crippen LogP) is -0.794. The zero-order chi connectivity index (χ0) is 15.6. The number of hydrogen-bond donors (Lipinski definition) is 3. The fourth-order valence-corrected chi connectivity index (χ4v) is 1.74. The van der Waals surface area contributed by atoms with E-state index in [2.05, 4.69) is 15.0 Å². The molecule has 9 nitrogen and oxygen atoms in total. The second-order valence-corrected chi connectivity index (χ2v) is 4.29. The van der Waals surface area contributed by atoms with E-state index in [4.69, 9.17) is 11.5 Å². The van der Waals surface area contributed by atoms with E-state index in [9.17, 15) is 9.59 Å². The van der Waals surface area contributed by atoms with Crippen molar-refractivity contribution in [3.8, 4) is 0 Å². The van der Waals surface area contributed by atoms with Gasteiger partial charge in [0.2, 0.25) is 0 Å². The van der Waals surface area contributed by atoms with Crippen LogP contribution in [0.3, 0.4) is 0 Å². The van der Waals surface area contributed by atoms with Crippen LogP contribution in [0.2, 0.25) is 0 Å². The summed E-state index contributed by atoms with van der Waals surface area (Å²) >= 11 is 0. The van der Waals surface area contributed by atoms with E-state index in [1.54, 1.807) is 25.2 Å². The van der Waals surface area contributed by atoms with Crippen molar-refractivity contribution in [3.63, 3.8) is 0 Å². The molecule has 0 atom stereocenters. The minimum atomic E-state index is -0.371. The van der Waals surface area contributed by atoms with Crippen LogP contribution in [0.4, 0.5) is 11.6 Å².